The summed E-state index contributed by atoms with van der Waals surface area (Å²) in [6.07, 6.45) is 6.99. The number of carbonyl (C=O) groups excluding carboxylic acids is 4. The molecule has 4 saturated carbocycles. The van der Waals surface area contributed by atoms with E-state index in [2.05, 4.69) is 33.0 Å². The highest BCUT2D eigenvalue weighted by Gasteiger charge is 2.65. The van der Waals surface area contributed by atoms with Crippen molar-refractivity contribution in [3.63, 3.8) is 0 Å². The standard InChI is InChI=1S/C29H45NO6/c1-7-24(30-26(34)15-35-17(3)31)22-14-25(36-18(4)32)28(5)11-10-23-21(27(22)28)9-8-19-13-20(33)12-16(2)29(19,23)6/h16,19,21-25,27H,7-15H2,1-6H3,(H,30,34)/t16-,19-,21+,22+,23-,24+,25-,27+,28+,29-/m0/s1. The van der Waals surface area contributed by atoms with E-state index in [-0.39, 0.29) is 47.4 Å². The molecule has 0 aromatic carbocycles. The maximum Gasteiger partial charge on any atom is 0.303 e. The maximum atomic E-state index is 12.7. The molecule has 1 amide bonds. The van der Waals surface area contributed by atoms with Crippen molar-refractivity contribution >= 4 is 23.6 Å². The fourth-order valence-electron chi connectivity index (χ4n) is 9.33. The first-order valence-electron chi connectivity index (χ1n) is 14.0. The van der Waals surface area contributed by atoms with Gasteiger partial charge in [-0.25, -0.2) is 0 Å². The van der Waals surface area contributed by atoms with Gasteiger partial charge in [-0.15, -0.1) is 0 Å². The van der Waals surface area contributed by atoms with Gasteiger partial charge in [0.05, 0.1) is 0 Å². The smallest absolute Gasteiger partial charge is 0.303 e. The Bertz CT molecular complexity index is 902. The van der Waals surface area contributed by atoms with Crippen LogP contribution >= 0.6 is 0 Å². The number of esters is 2. The molecule has 1 N–H and O–H groups in total. The van der Waals surface area contributed by atoms with Crippen LogP contribution in [0.3, 0.4) is 0 Å². The Hall–Kier alpha value is -1.92. The van der Waals surface area contributed by atoms with Crippen LogP contribution in [0.5, 0.6) is 0 Å². The third kappa shape index (κ3) is 4.60. The van der Waals surface area contributed by atoms with E-state index in [1.807, 2.05) is 0 Å². The number of rotatable bonds is 6. The van der Waals surface area contributed by atoms with E-state index < -0.39 is 5.97 Å². The Labute approximate surface area is 215 Å². The molecule has 0 spiro atoms. The molecule has 202 valence electrons. The van der Waals surface area contributed by atoms with Crippen LogP contribution in [0.25, 0.3) is 0 Å². The minimum absolute atomic E-state index is 0.0763. The number of ether oxygens (including phenoxy) is 2. The maximum absolute atomic E-state index is 12.7. The van der Waals surface area contributed by atoms with Gasteiger partial charge in [0.2, 0.25) is 0 Å². The van der Waals surface area contributed by atoms with Crippen LogP contribution in [-0.4, -0.2) is 42.4 Å². The lowest BCUT2D eigenvalue weighted by molar-refractivity contribution is -0.169. The van der Waals surface area contributed by atoms with E-state index in [0.717, 1.165) is 44.9 Å². The van der Waals surface area contributed by atoms with Gasteiger partial charge in [0, 0.05) is 38.1 Å². The van der Waals surface area contributed by atoms with Crippen LogP contribution in [0.4, 0.5) is 0 Å². The molecular weight excluding hydrogens is 458 g/mol. The fraction of sp³-hybridized carbons (Fsp3) is 0.862. The summed E-state index contributed by atoms with van der Waals surface area (Å²) in [6.45, 7) is 11.6. The van der Waals surface area contributed by atoms with Gasteiger partial charge in [0.25, 0.3) is 5.91 Å². The average Bonchev–Trinajstić information content (AvgIpc) is 3.08. The van der Waals surface area contributed by atoms with Gasteiger partial charge in [-0.05, 0) is 79.4 Å². The molecule has 4 aliphatic rings. The van der Waals surface area contributed by atoms with Crippen LogP contribution in [0.15, 0.2) is 0 Å². The van der Waals surface area contributed by atoms with Gasteiger partial charge >= 0.3 is 11.9 Å². The lowest BCUT2D eigenvalue weighted by Crippen LogP contribution is -2.58. The van der Waals surface area contributed by atoms with Crippen LogP contribution in [-0.2, 0) is 28.7 Å². The number of fused-ring (bicyclic) bond motifs is 5. The number of hydrogen-bond donors (Lipinski definition) is 1. The van der Waals surface area contributed by atoms with Gasteiger partial charge in [0.15, 0.2) is 6.61 Å². The highest BCUT2D eigenvalue weighted by Crippen LogP contribution is 2.68. The molecule has 7 heteroatoms. The summed E-state index contributed by atoms with van der Waals surface area (Å²) in [5.41, 5.74) is 0.00493. The van der Waals surface area contributed by atoms with Crippen molar-refractivity contribution in [2.24, 2.45) is 46.3 Å². The molecule has 7 nitrogen and oxygen atoms in total. The third-order valence-corrected chi connectivity index (χ3v) is 11.0. The van der Waals surface area contributed by atoms with E-state index in [9.17, 15) is 19.2 Å². The normalized spacial score (nSPS) is 42.4. The van der Waals surface area contributed by atoms with Crippen molar-refractivity contribution in [3.05, 3.63) is 0 Å². The first-order valence-corrected chi connectivity index (χ1v) is 14.0. The molecule has 0 aromatic heterocycles. The molecule has 10 atom stereocenters. The quantitative estimate of drug-likeness (QED) is 0.538. The van der Waals surface area contributed by atoms with Crippen molar-refractivity contribution < 1.29 is 28.7 Å². The van der Waals surface area contributed by atoms with Crippen molar-refractivity contribution in [2.75, 3.05) is 6.61 Å². The molecule has 0 saturated heterocycles. The number of ketones is 1. The fourth-order valence-corrected chi connectivity index (χ4v) is 9.33. The lowest BCUT2D eigenvalue weighted by atomic mass is 9.42. The van der Waals surface area contributed by atoms with Gasteiger partial charge in [-0.1, -0.05) is 27.7 Å². The molecule has 36 heavy (non-hydrogen) atoms. The van der Waals surface area contributed by atoms with Crippen molar-refractivity contribution in [2.45, 2.75) is 105 Å². The van der Waals surface area contributed by atoms with Gasteiger partial charge in [-0.2, -0.15) is 0 Å². The van der Waals surface area contributed by atoms with Gasteiger partial charge < -0.3 is 14.8 Å². The molecule has 0 radical (unpaired) electrons. The Morgan fingerprint density at radius 1 is 1.08 bits per heavy atom. The van der Waals surface area contributed by atoms with E-state index in [0.29, 0.717) is 41.8 Å². The molecule has 0 heterocycles. The highest BCUT2D eigenvalue weighted by atomic mass is 16.5. The molecule has 0 unspecified atom stereocenters. The first-order chi connectivity index (χ1) is 16.9. The summed E-state index contributed by atoms with van der Waals surface area (Å²) in [7, 11) is 0. The molecule has 4 rings (SSSR count). The number of Topliss-reactive ketones (excluding diaryl/α,β-unsaturated/α-hetero) is 1. The van der Waals surface area contributed by atoms with Gasteiger partial charge in [-0.3, -0.25) is 19.2 Å². The van der Waals surface area contributed by atoms with Gasteiger partial charge in [0.1, 0.15) is 11.9 Å². The monoisotopic (exact) mass is 503 g/mol. The second-order valence-electron chi connectivity index (χ2n) is 12.7. The predicted molar refractivity (Wildman–Crippen MR) is 135 cm³/mol. The predicted octanol–water partition coefficient (Wildman–Crippen LogP) is 4.46. The van der Waals surface area contributed by atoms with E-state index in [4.69, 9.17) is 9.47 Å². The minimum atomic E-state index is -0.471. The SMILES string of the molecule is CC[C@@H](NC(=O)COC(C)=O)[C@H]1C[C@H](OC(C)=O)[C@@]2(C)CC[C@H]3[C@@H](CC[C@H]4CC(=O)C[C@H](C)[C@@]43C)[C@H]12. The van der Waals surface area contributed by atoms with Crippen LogP contribution in [0.1, 0.15) is 92.9 Å². The molecule has 4 fully saturated rings. The average molecular weight is 504 g/mol. The summed E-state index contributed by atoms with van der Waals surface area (Å²) in [6, 6.07) is -0.0763. The number of amides is 1. The number of nitrogens with one attached hydrogen (secondary N) is 1. The Balaban J connectivity index is 1.65. The number of carbonyl (C=O) groups is 4. The molecule has 0 bridgehead atoms. The minimum Gasteiger partial charge on any atom is -0.462 e. The zero-order chi connectivity index (χ0) is 26.4. The third-order valence-electron chi connectivity index (χ3n) is 11.0. The van der Waals surface area contributed by atoms with E-state index in [1.54, 1.807) is 0 Å². The van der Waals surface area contributed by atoms with Crippen LogP contribution in [0, 0.1) is 46.3 Å². The Morgan fingerprint density at radius 2 is 1.81 bits per heavy atom. The molecular formula is C29H45NO6. The summed E-state index contributed by atoms with van der Waals surface area (Å²) < 4.78 is 10.9. The highest BCUT2D eigenvalue weighted by molar-refractivity contribution is 5.80. The zero-order valence-electron chi connectivity index (χ0n) is 22.9. The Morgan fingerprint density at radius 3 is 2.44 bits per heavy atom. The lowest BCUT2D eigenvalue weighted by Gasteiger charge is -2.62. The van der Waals surface area contributed by atoms with E-state index in [1.165, 1.54) is 13.8 Å². The molecule has 0 aromatic rings. The largest absolute Gasteiger partial charge is 0.462 e. The molecule has 4 aliphatic carbocycles. The first kappa shape index (κ1) is 27.1. The topological polar surface area (TPSA) is 98.8 Å². The van der Waals surface area contributed by atoms with E-state index >= 15 is 0 Å². The Kier molecular flexibility index (Phi) is 7.60. The summed E-state index contributed by atoms with van der Waals surface area (Å²) in [4.78, 5) is 48.5. The second kappa shape index (κ2) is 10.1. The zero-order valence-corrected chi connectivity index (χ0v) is 22.9. The van der Waals surface area contributed by atoms with Crippen LogP contribution in [0.2, 0.25) is 0 Å². The van der Waals surface area contributed by atoms with Crippen LogP contribution < -0.4 is 5.32 Å². The summed E-state index contributed by atoms with van der Waals surface area (Å²) in [5.74, 6) is 1.75. The second-order valence-corrected chi connectivity index (χ2v) is 12.7. The van der Waals surface area contributed by atoms with Crippen molar-refractivity contribution in [1.82, 2.24) is 5.32 Å². The van der Waals surface area contributed by atoms with Crippen molar-refractivity contribution in [3.8, 4) is 0 Å². The number of hydrogen-bond acceptors (Lipinski definition) is 6. The summed E-state index contributed by atoms with van der Waals surface area (Å²) in [5, 5.41) is 3.16. The van der Waals surface area contributed by atoms with Crippen molar-refractivity contribution in [1.29, 1.82) is 0 Å². The molecule has 0 aliphatic heterocycles. The summed E-state index contributed by atoms with van der Waals surface area (Å²) >= 11 is 0.